The molecule has 0 bridgehead atoms. The predicted octanol–water partition coefficient (Wildman–Crippen LogP) is 5.51. The molecule has 0 saturated carbocycles. The minimum atomic E-state index is -1.11. The van der Waals surface area contributed by atoms with Gasteiger partial charge in [0.2, 0.25) is 5.13 Å². The van der Waals surface area contributed by atoms with E-state index in [-0.39, 0.29) is 27.8 Å². The Kier molecular flexibility index (Phi) is 6.95. The lowest BCUT2D eigenvalue weighted by molar-refractivity contribution is -0.132. The highest BCUT2D eigenvalue weighted by Gasteiger charge is 2.48. The van der Waals surface area contributed by atoms with E-state index in [1.165, 1.54) is 48.2 Å². The van der Waals surface area contributed by atoms with E-state index in [0.29, 0.717) is 40.2 Å². The number of carbonyl (C=O) groups is 2. The Morgan fingerprint density at radius 1 is 1.00 bits per heavy atom. The van der Waals surface area contributed by atoms with Crippen LogP contribution in [0.1, 0.15) is 22.7 Å². The van der Waals surface area contributed by atoms with E-state index in [1.54, 1.807) is 30.3 Å². The minimum Gasteiger partial charge on any atom is -0.507 e. The molecule has 3 aromatic carbocycles. The zero-order valence-corrected chi connectivity index (χ0v) is 22.2. The van der Waals surface area contributed by atoms with Crippen LogP contribution >= 0.6 is 23.1 Å². The number of aromatic nitrogens is 2. The summed E-state index contributed by atoms with van der Waals surface area (Å²) in [6.45, 7) is 0.710. The molecule has 0 aliphatic carbocycles. The fraction of sp³-hybridized carbons (Fsp3) is 0.143. The molecule has 1 unspecified atom stereocenters. The highest BCUT2D eigenvalue weighted by Crippen LogP contribution is 2.45. The van der Waals surface area contributed by atoms with Crippen LogP contribution in [0.4, 0.5) is 13.9 Å². The molecule has 3 heterocycles. The lowest BCUT2D eigenvalue weighted by atomic mass is 9.95. The summed E-state index contributed by atoms with van der Waals surface area (Å²) >= 11 is 2.28. The van der Waals surface area contributed by atoms with Gasteiger partial charge in [-0.1, -0.05) is 53.4 Å². The molecule has 1 aromatic heterocycles. The van der Waals surface area contributed by atoms with Crippen LogP contribution in [0.3, 0.4) is 0 Å². The number of aliphatic hydroxyl groups excluding tert-OH is 1. The minimum absolute atomic E-state index is 0.105. The van der Waals surface area contributed by atoms with Gasteiger partial charge in [0.15, 0.2) is 15.8 Å². The van der Waals surface area contributed by atoms with Gasteiger partial charge in [0.1, 0.15) is 30.6 Å². The topological polar surface area (TPSA) is 102 Å². The second kappa shape index (κ2) is 10.7. The lowest BCUT2D eigenvalue weighted by Crippen LogP contribution is -2.29. The Balaban J connectivity index is 1.39. The number of hydrogen-bond donors (Lipinski definition) is 1. The number of thioether (sulfide) groups is 1. The van der Waals surface area contributed by atoms with Gasteiger partial charge in [-0.2, -0.15) is 0 Å². The molecule has 202 valence electrons. The van der Waals surface area contributed by atoms with Gasteiger partial charge in [0.05, 0.1) is 11.6 Å². The first-order chi connectivity index (χ1) is 19.4. The molecule has 1 atom stereocenters. The molecule has 2 aliphatic heterocycles. The van der Waals surface area contributed by atoms with Crippen molar-refractivity contribution in [1.82, 2.24) is 10.2 Å². The van der Waals surface area contributed by atoms with Gasteiger partial charge in [0.25, 0.3) is 5.78 Å². The highest BCUT2D eigenvalue weighted by molar-refractivity contribution is 8.00. The number of ether oxygens (including phenoxy) is 2. The van der Waals surface area contributed by atoms with E-state index in [1.807, 2.05) is 0 Å². The average molecular weight is 580 g/mol. The summed E-state index contributed by atoms with van der Waals surface area (Å²) in [5.41, 5.74) is 0.919. The molecule has 12 heteroatoms. The number of benzene rings is 3. The van der Waals surface area contributed by atoms with Crippen molar-refractivity contribution in [3.8, 4) is 11.5 Å². The number of halogens is 2. The number of rotatable bonds is 6. The fourth-order valence-corrected chi connectivity index (χ4v) is 6.30. The van der Waals surface area contributed by atoms with Crippen molar-refractivity contribution in [2.24, 2.45) is 0 Å². The van der Waals surface area contributed by atoms with Crippen molar-refractivity contribution in [2.75, 3.05) is 18.1 Å². The monoisotopic (exact) mass is 579 g/mol. The second-order valence-electron chi connectivity index (χ2n) is 8.81. The number of carbonyl (C=O) groups excluding carboxylic acids is 2. The van der Waals surface area contributed by atoms with Crippen LogP contribution in [0.2, 0.25) is 0 Å². The van der Waals surface area contributed by atoms with Crippen molar-refractivity contribution >= 4 is 45.7 Å². The summed E-state index contributed by atoms with van der Waals surface area (Å²) in [4.78, 5) is 27.9. The molecule has 0 radical (unpaired) electrons. The normalized spacial score (nSPS) is 17.9. The Morgan fingerprint density at radius 2 is 1.75 bits per heavy atom. The van der Waals surface area contributed by atoms with Gasteiger partial charge in [-0.3, -0.25) is 14.5 Å². The summed E-state index contributed by atoms with van der Waals surface area (Å²) < 4.78 is 39.4. The van der Waals surface area contributed by atoms with E-state index < -0.39 is 29.3 Å². The maximum Gasteiger partial charge on any atom is 0.301 e. The lowest BCUT2D eigenvalue weighted by Gasteiger charge is -2.23. The van der Waals surface area contributed by atoms with Gasteiger partial charge >= 0.3 is 5.91 Å². The largest absolute Gasteiger partial charge is 0.507 e. The van der Waals surface area contributed by atoms with Crippen LogP contribution < -0.4 is 14.4 Å². The zero-order valence-electron chi connectivity index (χ0n) is 20.5. The summed E-state index contributed by atoms with van der Waals surface area (Å²) in [6, 6.07) is 15.2. The molecule has 1 amide bonds. The highest BCUT2D eigenvalue weighted by atomic mass is 32.2. The number of hydrogen-bond acceptors (Lipinski definition) is 9. The van der Waals surface area contributed by atoms with Gasteiger partial charge < -0.3 is 14.6 Å². The predicted molar refractivity (Wildman–Crippen MR) is 144 cm³/mol. The number of aliphatic hydroxyl groups is 1. The standard InChI is InChI=1S/C28H19F2N3O5S2/c29-18-8-5-15(6-9-18)23-22(24(34)16-7-10-20-21(13-16)38-12-11-37-20)25(35)26(36)33(23)27-31-32-28(40-27)39-14-17-3-1-2-4-19(17)30/h1-10,13,23,34H,11-12,14H2/b24-22+. The first-order valence-corrected chi connectivity index (χ1v) is 13.9. The molecule has 0 spiro atoms. The van der Waals surface area contributed by atoms with Crippen molar-refractivity contribution in [2.45, 2.75) is 16.1 Å². The van der Waals surface area contributed by atoms with Crippen LogP contribution in [0.25, 0.3) is 5.76 Å². The van der Waals surface area contributed by atoms with E-state index in [4.69, 9.17) is 9.47 Å². The summed E-state index contributed by atoms with van der Waals surface area (Å²) in [5, 5.41) is 19.7. The third-order valence-corrected chi connectivity index (χ3v) is 8.46. The maximum atomic E-state index is 14.1. The van der Waals surface area contributed by atoms with E-state index in [9.17, 15) is 23.5 Å². The first kappa shape index (κ1) is 26.0. The van der Waals surface area contributed by atoms with Crippen LogP contribution in [0.15, 0.2) is 76.6 Å². The third-order valence-electron chi connectivity index (χ3n) is 6.36. The van der Waals surface area contributed by atoms with Gasteiger partial charge in [-0.15, -0.1) is 10.2 Å². The second-order valence-corrected chi connectivity index (χ2v) is 11.0. The Labute approximate surface area is 234 Å². The number of amides is 1. The number of anilines is 1. The van der Waals surface area contributed by atoms with Gasteiger partial charge in [-0.25, -0.2) is 8.78 Å². The molecular formula is C28H19F2N3O5S2. The van der Waals surface area contributed by atoms with Crippen molar-refractivity contribution in [3.05, 3.63) is 101 Å². The molecule has 4 aromatic rings. The zero-order chi connectivity index (χ0) is 27.8. The SMILES string of the molecule is O=C1C(=O)N(c2nnc(SCc3ccccc3F)s2)C(c2ccc(F)cc2)/C1=C(\O)c1ccc2c(c1)OCCO2. The van der Waals surface area contributed by atoms with Crippen LogP contribution in [0.5, 0.6) is 11.5 Å². The first-order valence-electron chi connectivity index (χ1n) is 12.1. The maximum absolute atomic E-state index is 14.1. The van der Waals surface area contributed by atoms with E-state index in [2.05, 4.69) is 10.2 Å². The average Bonchev–Trinajstić information content (AvgIpc) is 3.54. The summed E-state index contributed by atoms with van der Waals surface area (Å²) in [5.74, 6) is -1.96. The smallest absolute Gasteiger partial charge is 0.301 e. The number of fused-ring (bicyclic) bond motifs is 1. The van der Waals surface area contributed by atoms with Crippen LogP contribution in [0, 0.1) is 11.6 Å². The van der Waals surface area contributed by atoms with Crippen LogP contribution in [-0.2, 0) is 15.3 Å². The molecule has 1 N–H and O–H groups in total. The summed E-state index contributed by atoms with van der Waals surface area (Å²) in [7, 11) is 0. The molecule has 6 rings (SSSR count). The molecule has 2 aliphatic rings. The summed E-state index contributed by atoms with van der Waals surface area (Å²) in [6.07, 6.45) is 0. The molecule has 1 saturated heterocycles. The number of Topliss-reactive ketones (excluding diaryl/α,β-unsaturated/α-hetero) is 1. The third kappa shape index (κ3) is 4.80. The quantitative estimate of drug-likeness (QED) is 0.105. The number of ketones is 1. The van der Waals surface area contributed by atoms with Crippen molar-refractivity contribution < 1.29 is 33.0 Å². The molecule has 1 fully saturated rings. The fourth-order valence-electron chi connectivity index (χ4n) is 4.45. The molecule has 40 heavy (non-hydrogen) atoms. The van der Waals surface area contributed by atoms with Crippen molar-refractivity contribution in [3.63, 3.8) is 0 Å². The van der Waals surface area contributed by atoms with Crippen LogP contribution in [-0.4, -0.2) is 40.2 Å². The van der Waals surface area contributed by atoms with Gasteiger partial charge in [0, 0.05) is 11.3 Å². The Bertz CT molecular complexity index is 1660. The van der Waals surface area contributed by atoms with E-state index >= 15 is 0 Å². The Hall–Kier alpha value is -4.29. The molecular weight excluding hydrogens is 560 g/mol. The number of nitrogens with zero attached hydrogens (tertiary/aromatic N) is 3. The van der Waals surface area contributed by atoms with Gasteiger partial charge in [-0.05, 0) is 47.5 Å². The van der Waals surface area contributed by atoms with Crippen molar-refractivity contribution in [1.29, 1.82) is 0 Å². The Morgan fingerprint density at radius 3 is 2.52 bits per heavy atom. The van der Waals surface area contributed by atoms with E-state index in [0.717, 1.165) is 16.2 Å². The molecule has 8 nitrogen and oxygen atoms in total.